The Morgan fingerprint density at radius 3 is 2.79 bits per heavy atom. The van der Waals surface area contributed by atoms with Gasteiger partial charge in [0.2, 0.25) is 0 Å². The minimum Gasteiger partial charge on any atom is -0.491 e. The molecule has 0 unspecified atom stereocenters. The van der Waals surface area contributed by atoms with Crippen LogP contribution in [-0.4, -0.2) is 22.6 Å². The Kier molecular flexibility index (Phi) is 7.39. The SMILES string of the molecule is CCCCCCCCOc1cnccc1/C(N)=N/O. The Labute approximate surface area is 114 Å². The van der Waals surface area contributed by atoms with Gasteiger partial charge in [-0.1, -0.05) is 44.2 Å². The maximum absolute atomic E-state index is 8.69. The molecule has 0 fully saturated rings. The third-order valence-corrected chi connectivity index (χ3v) is 2.92. The van der Waals surface area contributed by atoms with Crippen LogP contribution >= 0.6 is 0 Å². The van der Waals surface area contributed by atoms with Crippen LogP contribution in [0.3, 0.4) is 0 Å². The van der Waals surface area contributed by atoms with Crippen LogP contribution in [0.4, 0.5) is 0 Å². The van der Waals surface area contributed by atoms with Gasteiger partial charge in [-0.2, -0.15) is 0 Å². The first-order valence-electron chi connectivity index (χ1n) is 6.84. The molecule has 5 heteroatoms. The lowest BCUT2D eigenvalue weighted by molar-refractivity contribution is 0.301. The van der Waals surface area contributed by atoms with Gasteiger partial charge in [0.05, 0.1) is 18.4 Å². The predicted octanol–water partition coefficient (Wildman–Crippen LogP) is 2.92. The highest BCUT2D eigenvalue weighted by molar-refractivity contribution is 5.99. The van der Waals surface area contributed by atoms with E-state index in [-0.39, 0.29) is 5.84 Å². The molecule has 0 amide bonds. The van der Waals surface area contributed by atoms with Crippen molar-refractivity contribution in [3.8, 4) is 5.75 Å². The number of hydrogen-bond donors (Lipinski definition) is 2. The van der Waals surface area contributed by atoms with Crippen LogP contribution in [-0.2, 0) is 0 Å². The summed E-state index contributed by atoms with van der Waals surface area (Å²) < 4.78 is 5.63. The number of oxime groups is 1. The van der Waals surface area contributed by atoms with E-state index >= 15 is 0 Å². The molecule has 106 valence electrons. The van der Waals surface area contributed by atoms with Crippen LogP contribution in [0.1, 0.15) is 51.0 Å². The molecule has 0 spiro atoms. The monoisotopic (exact) mass is 265 g/mol. The molecule has 19 heavy (non-hydrogen) atoms. The van der Waals surface area contributed by atoms with Gasteiger partial charge in [-0.25, -0.2) is 0 Å². The normalized spacial score (nSPS) is 11.5. The van der Waals surface area contributed by atoms with E-state index < -0.39 is 0 Å². The maximum atomic E-state index is 8.69. The zero-order valence-corrected chi connectivity index (χ0v) is 11.5. The number of unbranched alkanes of at least 4 members (excludes halogenated alkanes) is 5. The van der Waals surface area contributed by atoms with Crippen molar-refractivity contribution in [2.24, 2.45) is 10.9 Å². The lowest BCUT2D eigenvalue weighted by Crippen LogP contribution is -2.15. The molecule has 0 bridgehead atoms. The molecular formula is C14H23N3O2. The minimum absolute atomic E-state index is 0.0420. The Morgan fingerprint density at radius 2 is 2.05 bits per heavy atom. The van der Waals surface area contributed by atoms with E-state index in [1.165, 1.54) is 32.1 Å². The Bertz CT molecular complexity index is 394. The zero-order chi connectivity index (χ0) is 13.9. The fourth-order valence-electron chi connectivity index (χ4n) is 1.82. The molecule has 0 atom stereocenters. The van der Waals surface area contributed by atoms with E-state index in [1.807, 2.05) is 0 Å². The maximum Gasteiger partial charge on any atom is 0.173 e. The van der Waals surface area contributed by atoms with Gasteiger partial charge in [-0.3, -0.25) is 4.98 Å². The van der Waals surface area contributed by atoms with Gasteiger partial charge < -0.3 is 15.7 Å². The smallest absolute Gasteiger partial charge is 0.173 e. The van der Waals surface area contributed by atoms with Crippen LogP contribution in [0.5, 0.6) is 5.75 Å². The fourth-order valence-corrected chi connectivity index (χ4v) is 1.82. The molecule has 0 aromatic carbocycles. The quantitative estimate of drug-likeness (QED) is 0.236. The van der Waals surface area contributed by atoms with Gasteiger partial charge >= 0.3 is 0 Å². The second kappa shape index (κ2) is 9.19. The van der Waals surface area contributed by atoms with Crippen LogP contribution in [0, 0.1) is 0 Å². The lowest BCUT2D eigenvalue weighted by Gasteiger charge is -2.09. The van der Waals surface area contributed by atoms with Crippen LogP contribution in [0.15, 0.2) is 23.6 Å². The summed E-state index contributed by atoms with van der Waals surface area (Å²) in [6.07, 6.45) is 10.4. The summed E-state index contributed by atoms with van der Waals surface area (Å²) in [5, 5.41) is 11.7. The molecule has 1 aromatic rings. The van der Waals surface area contributed by atoms with E-state index in [1.54, 1.807) is 18.5 Å². The van der Waals surface area contributed by atoms with Gasteiger partial charge in [-0.15, -0.1) is 0 Å². The van der Waals surface area contributed by atoms with E-state index in [0.29, 0.717) is 17.9 Å². The molecule has 0 aliphatic rings. The van der Waals surface area contributed by atoms with Crippen molar-refractivity contribution in [1.82, 2.24) is 4.98 Å². The Morgan fingerprint density at radius 1 is 1.32 bits per heavy atom. The van der Waals surface area contributed by atoms with E-state index in [0.717, 1.165) is 6.42 Å². The summed E-state index contributed by atoms with van der Waals surface area (Å²) in [6.45, 7) is 2.84. The average Bonchev–Trinajstić information content (AvgIpc) is 2.46. The molecule has 5 nitrogen and oxygen atoms in total. The Balaban J connectivity index is 2.33. The standard InChI is InChI=1S/C14H23N3O2/c1-2-3-4-5-6-7-10-19-13-11-16-9-8-12(13)14(15)17-18/h8-9,11,18H,2-7,10H2,1H3,(H2,15,17). The van der Waals surface area contributed by atoms with Gasteiger partial charge in [0.1, 0.15) is 5.75 Å². The summed E-state index contributed by atoms with van der Waals surface area (Å²) in [4.78, 5) is 3.98. The number of amidine groups is 1. The van der Waals surface area contributed by atoms with Gasteiger partial charge in [0, 0.05) is 6.20 Å². The molecule has 0 radical (unpaired) electrons. The molecule has 0 saturated carbocycles. The number of hydrogen-bond acceptors (Lipinski definition) is 4. The average molecular weight is 265 g/mol. The lowest BCUT2D eigenvalue weighted by atomic mass is 10.1. The predicted molar refractivity (Wildman–Crippen MR) is 75.6 cm³/mol. The number of rotatable bonds is 9. The molecular weight excluding hydrogens is 242 g/mol. The second-order valence-corrected chi connectivity index (χ2v) is 4.47. The van der Waals surface area contributed by atoms with Gasteiger partial charge in [-0.05, 0) is 12.5 Å². The summed E-state index contributed by atoms with van der Waals surface area (Å²) in [5.74, 6) is 0.603. The minimum atomic E-state index is 0.0420. The first-order valence-corrected chi connectivity index (χ1v) is 6.84. The molecule has 1 rings (SSSR count). The Hall–Kier alpha value is -1.78. The summed E-state index contributed by atoms with van der Waals surface area (Å²) in [7, 11) is 0. The summed E-state index contributed by atoms with van der Waals surface area (Å²) >= 11 is 0. The van der Waals surface area contributed by atoms with E-state index in [9.17, 15) is 0 Å². The largest absolute Gasteiger partial charge is 0.491 e. The fraction of sp³-hybridized carbons (Fsp3) is 0.571. The second-order valence-electron chi connectivity index (χ2n) is 4.47. The molecule has 1 aromatic heterocycles. The van der Waals surface area contributed by atoms with Crippen molar-refractivity contribution in [3.05, 3.63) is 24.0 Å². The first-order chi connectivity index (χ1) is 9.29. The molecule has 1 heterocycles. The van der Waals surface area contributed by atoms with Crippen LogP contribution < -0.4 is 10.5 Å². The van der Waals surface area contributed by atoms with Gasteiger partial charge in [0.15, 0.2) is 5.84 Å². The molecule has 0 saturated heterocycles. The highest BCUT2D eigenvalue weighted by Crippen LogP contribution is 2.16. The molecule has 0 aliphatic carbocycles. The van der Waals surface area contributed by atoms with Crippen LogP contribution in [0.25, 0.3) is 0 Å². The highest BCUT2D eigenvalue weighted by atomic mass is 16.5. The number of nitrogens with zero attached hydrogens (tertiary/aromatic N) is 2. The highest BCUT2D eigenvalue weighted by Gasteiger charge is 2.07. The van der Waals surface area contributed by atoms with Crippen molar-refractivity contribution in [3.63, 3.8) is 0 Å². The third kappa shape index (κ3) is 5.59. The van der Waals surface area contributed by atoms with E-state index in [2.05, 4.69) is 17.1 Å². The summed E-state index contributed by atoms with van der Waals surface area (Å²) in [6, 6.07) is 1.67. The van der Waals surface area contributed by atoms with E-state index in [4.69, 9.17) is 15.7 Å². The van der Waals surface area contributed by atoms with Crippen LogP contribution in [0.2, 0.25) is 0 Å². The number of nitrogens with two attached hydrogens (primary N) is 1. The van der Waals surface area contributed by atoms with Crippen molar-refractivity contribution in [1.29, 1.82) is 0 Å². The number of ether oxygens (including phenoxy) is 1. The van der Waals surface area contributed by atoms with Crippen molar-refractivity contribution in [2.45, 2.75) is 45.4 Å². The molecule has 3 N–H and O–H groups in total. The number of aromatic nitrogens is 1. The topological polar surface area (TPSA) is 80.7 Å². The molecule has 0 aliphatic heterocycles. The number of pyridine rings is 1. The zero-order valence-electron chi connectivity index (χ0n) is 11.5. The van der Waals surface area contributed by atoms with Crippen molar-refractivity contribution < 1.29 is 9.94 Å². The first kappa shape index (κ1) is 15.3. The van der Waals surface area contributed by atoms with Gasteiger partial charge in [0.25, 0.3) is 0 Å². The van der Waals surface area contributed by atoms with Crippen molar-refractivity contribution >= 4 is 5.84 Å². The van der Waals surface area contributed by atoms with Crippen molar-refractivity contribution in [2.75, 3.05) is 6.61 Å². The summed E-state index contributed by atoms with van der Waals surface area (Å²) in [5.41, 5.74) is 6.15. The third-order valence-electron chi connectivity index (χ3n) is 2.92.